The smallest absolute Gasteiger partial charge is 0.243 e. The third kappa shape index (κ3) is 4.54. The van der Waals surface area contributed by atoms with Gasteiger partial charge in [-0.1, -0.05) is 19.1 Å². The van der Waals surface area contributed by atoms with Crippen molar-refractivity contribution in [2.75, 3.05) is 18.4 Å². The minimum atomic E-state index is -3.66. The first-order chi connectivity index (χ1) is 12.9. The van der Waals surface area contributed by atoms with Gasteiger partial charge in [0.05, 0.1) is 4.90 Å². The van der Waals surface area contributed by atoms with Crippen molar-refractivity contribution in [2.45, 2.75) is 31.1 Å². The molecule has 0 spiro atoms. The molecule has 1 fully saturated rings. The number of amides is 1. The number of sulfonamides is 1. The Balaban J connectivity index is 1.61. The van der Waals surface area contributed by atoms with Crippen LogP contribution in [-0.4, -0.2) is 31.7 Å². The van der Waals surface area contributed by atoms with Gasteiger partial charge in [-0.2, -0.15) is 4.31 Å². The summed E-state index contributed by atoms with van der Waals surface area (Å²) in [4.78, 5) is 12.6. The summed E-state index contributed by atoms with van der Waals surface area (Å²) in [6.45, 7) is 2.60. The summed E-state index contributed by atoms with van der Waals surface area (Å²) in [5, 5.41) is 2.93. The highest BCUT2D eigenvalue weighted by atomic mass is 32.2. The molecule has 27 heavy (non-hydrogen) atoms. The van der Waals surface area contributed by atoms with Gasteiger partial charge >= 0.3 is 0 Å². The van der Waals surface area contributed by atoms with E-state index in [0.29, 0.717) is 12.8 Å². The molecule has 0 aliphatic carbocycles. The van der Waals surface area contributed by atoms with Crippen molar-refractivity contribution in [3.8, 4) is 0 Å². The van der Waals surface area contributed by atoms with E-state index in [4.69, 9.17) is 0 Å². The Labute approximate surface area is 159 Å². The van der Waals surface area contributed by atoms with Crippen LogP contribution in [0.3, 0.4) is 0 Å². The number of hydrogen-bond donors (Lipinski definition) is 1. The SMILES string of the molecule is CCc1cccc(NC(=O)C2CCN(S(=O)(=O)c3ccc(F)cc3)CC2)c1. The molecule has 2 aromatic rings. The number of anilines is 1. The summed E-state index contributed by atoms with van der Waals surface area (Å²) >= 11 is 0. The van der Waals surface area contributed by atoms with E-state index in [2.05, 4.69) is 12.2 Å². The molecule has 3 rings (SSSR count). The van der Waals surface area contributed by atoms with Crippen LogP contribution in [0, 0.1) is 11.7 Å². The quantitative estimate of drug-likeness (QED) is 0.851. The van der Waals surface area contributed by atoms with Crippen LogP contribution < -0.4 is 5.32 Å². The van der Waals surface area contributed by atoms with Crippen molar-refractivity contribution in [3.63, 3.8) is 0 Å². The topological polar surface area (TPSA) is 66.5 Å². The number of hydrogen-bond acceptors (Lipinski definition) is 3. The number of nitrogens with one attached hydrogen (secondary N) is 1. The predicted molar refractivity (Wildman–Crippen MR) is 102 cm³/mol. The molecular weight excluding hydrogens is 367 g/mol. The molecule has 1 N–H and O–H groups in total. The molecule has 2 aromatic carbocycles. The van der Waals surface area contributed by atoms with E-state index in [9.17, 15) is 17.6 Å². The Kier molecular flexibility index (Phi) is 5.92. The third-order valence-electron chi connectivity index (χ3n) is 4.88. The lowest BCUT2D eigenvalue weighted by Gasteiger charge is -2.30. The van der Waals surface area contributed by atoms with E-state index in [-0.39, 0.29) is 29.8 Å². The van der Waals surface area contributed by atoms with E-state index in [0.717, 1.165) is 29.8 Å². The van der Waals surface area contributed by atoms with E-state index >= 15 is 0 Å². The van der Waals surface area contributed by atoms with E-state index in [1.54, 1.807) is 0 Å². The van der Waals surface area contributed by atoms with Gasteiger partial charge in [-0.3, -0.25) is 4.79 Å². The zero-order chi connectivity index (χ0) is 19.4. The Morgan fingerprint density at radius 3 is 2.44 bits per heavy atom. The maximum atomic E-state index is 13.0. The lowest BCUT2D eigenvalue weighted by atomic mass is 9.97. The predicted octanol–water partition coefficient (Wildman–Crippen LogP) is 3.43. The highest BCUT2D eigenvalue weighted by Crippen LogP contribution is 2.25. The normalized spacial score (nSPS) is 16.2. The molecule has 1 amide bonds. The molecule has 0 aromatic heterocycles. The van der Waals surface area contributed by atoms with Gasteiger partial charge < -0.3 is 5.32 Å². The molecule has 0 saturated carbocycles. The fourth-order valence-electron chi connectivity index (χ4n) is 3.23. The minimum Gasteiger partial charge on any atom is -0.326 e. The minimum absolute atomic E-state index is 0.0724. The first-order valence-electron chi connectivity index (χ1n) is 9.05. The van der Waals surface area contributed by atoms with Crippen LogP contribution in [0.15, 0.2) is 53.4 Å². The third-order valence-corrected chi connectivity index (χ3v) is 6.79. The van der Waals surface area contributed by atoms with E-state index < -0.39 is 15.8 Å². The summed E-state index contributed by atoms with van der Waals surface area (Å²) < 4.78 is 39.7. The molecule has 1 aliphatic heterocycles. The number of carbonyl (C=O) groups is 1. The summed E-state index contributed by atoms with van der Waals surface area (Å²) in [5.41, 5.74) is 1.91. The molecule has 144 valence electrons. The van der Waals surface area contributed by atoms with Crippen LogP contribution in [0.25, 0.3) is 0 Å². The Morgan fingerprint density at radius 2 is 1.81 bits per heavy atom. The second-order valence-corrected chi connectivity index (χ2v) is 8.61. The van der Waals surface area contributed by atoms with Crippen molar-refractivity contribution >= 4 is 21.6 Å². The average molecular weight is 390 g/mol. The first-order valence-corrected chi connectivity index (χ1v) is 10.5. The number of benzene rings is 2. The summed E-state index contributed by atoms with van der Waals surface area (Å²) in [5.74, 6) is -0.784. The molecule has 0 bridgehead atoms. The first kappa shape index (κ1) is 19.5. The number of halogens is 1. The van der Waals surface area contributed by atoms with Crippen molar-refractivity contribution in [3.05, 3.63) is 59.9 Å². The average Bonchev–Trinajstić information content (AvgIpc) is 2.68. The Hall–Kier alpha value is -2.25. The van der Waals surface area contributed by atoms with Crippen LogP contribution in [0.5, 0.6) is 0 Å². The van der Waals surface area contributed by atoms with Crippen LogP contribution in [-0.2, 0) is 21.2 Å². The molecule has 0 unspecified atom stereocenters. The summed E-state index contributed by atoms with van der Waals surface area (Å²) in [6, 6.07) is 12.5. The molecule has 1 saturated heterocycles. The van der Waals surface area contributed by atoms with Crippen LogP contribution >= 0.6 is 0 Å². The number of carbonyl (C=O) groups excluding carboxylic acids is 1. The molecule has 7 heteroatoms. The molecular formula is C20H23FN2O3S. The Bertz CT molecular complexity index is 905. The van der Waals surface area contributed by atoms with E-state index in [1.165, 1.54) is 16.4 Å². The fraction of sp³-hybridized carbons (Fsp3) is 0.350. The highest BCUT2D eigenvalue weighted by Gasteiger charge is 2.32. The molecule has 1 aliphatic rings. The van der Waals surface area contributed by atoms with Crippen LogP contribution in [0.2, 0.25) is 0 Å². The van der Waals surface area contributed by atoms with Gasteiger partial charge in [-0.05, 0) is 61.2 Å². The standard InChI is InChI=1S/C20H23FN2O3S/c1-2-15-4-3-5-18(14-15)22-20(24)16-10-12-23(13-11-16)27(25,26)19-8-6-17(21)7-9-19/h3-9,14,16H,2,10-13H2,1H3,(H,22,24). The van der Waals surface area contributed by atoms with Crippen LogP contribution in [0.4, 0.5) is 10.1 Å². The van der Waals surface area contributed by atoms with Crippen molar-refractivity contribution in [1.82, 2.24) is 4.31 Å². The van der Waals surface area contributed by atoms with E-state index in [1.807, 2.05) is 24.3 Å². The number of aryl methyl sites for hydroxylation is 1. The summed E-state index contributed by atoms with van der Waals surface area (Å²) in [7, 11) is -3.66. The number of rotatable bonds is 5. The fourth-order valence-corrected chi connectivity index (χ4v) is 4.70. The van der Waals surface area contributed by atoms with Gasteiger partial charge in [-0.15, -0.1) is 0 Å². The maximum absolute atomic E-state index is 13.0. The van der Waals surface area contributed by atoms with Gasteiger partial charge in [0.1, 0.15) is 5.82 Å². The zero-order valence-electron chi connectivity index (χ0n) is 15.2. The number of nitrogens with zero attached hydrogens (tertiary/aromatic N) is 1. The number of piperidine rings is 1. The second-order valence-electron chi connectivity index (χ2n) is 6.68. The van der Waals surface area contributed by atoms with Gasteiger partial charge in [0, 0.05) is 24.7 Å². The van der Waals surface area contributed by atoms with Crippen molar-refractivity contribution in [1.29, 1.82) is 0 Å². The largest absolute Gasteiger partial charge is 0.326 e. The zero-order valence-corrected chi connectivity index (χ0v) is 16.0. The van der Waals surface area contributed by atoms with Crippen LogP contribution in [0.1, 0.15) is 25.3 Å². The molecule has 0 atom stereocenters. The highest BCUT2D eigenvalue weighted by molar-refractivity contribution is 7.89. The van der Waals surface area contributed by atoms with Crippen molar-refractivity contribution < 1.29 is 17.6 Å². The maximum Gasteiger partial charge on any atom is 0.243 e. The van der Waals surface area contributed by atoms with Gasteiger partial charge in [-0.25, -0.2) is 12.8 Å². The summed E-state index contributed by atoms with van der Waals surface area (Å²) in [6.07, 6.45) is 1.81. The molecule has 0 radical (unpaired) electrons. The van der Waals surface area contributed by atoms with Gasteiger partial charge in [0.2, 0.25) is 15.9 Å². The molecule has 1 heterocycles. The Morgan fingerprint density at radius 1 is 1.15 bits per heavy atom. The lowest BCUT2D eigenvalue weighted by molar-refractivity contribution is -0.120. The van der Waals surface area contributed by atoms with Gasteiger partial charge in [0.15, 0.2) is 0 Å². The lowest BCUT2D eigenvalue weighted by Crippen LogP contribution is -2.41. The second kappa shape index (κ2) is 8.19. The van der Waals surface area contributed by atoms with Crippen molar-refractivity contribution in [2.24, 2.45) is 5.92 Å². The molecule has 5 nitrogen and oxygen atoms in total. The monoisotopic (exact) mass is 390 g/mol. The van der Waals surface area contributed by atoms with Gasteiger partial charge in [0.25, 0.3) is 0 Å².